The molecule has 1 aromatic heterocycles. The Hall–Kier alpha value is -1.68. The van der Waals surface area contributed by atoms with Crippen LogP contribution in [0.3, 0.4) is 0 Å². The van der Waals surface area contributed by atoms with Gasteiger partial charge in [-0.05, 0) is 31.0 Å². The molecule has 1 aliphatic rings. The number of aryl methyl sites for hydroxylation is 1. The zero-order valence-electron chi connectivity index (χ0n) is 9.56. The number of hydrogen-bond donors (Lipinski definition) is 1. The van der Waals surface area contributed by atoms with Crippen LogP contribution in [0.15, 0.2) is 22.6 Å². The lowest BCUT2D eigenvalue weighted by Gasteiger charge is -2.09. The molecule has 17 heavy (non-hydrogen) atoms. The number of hydrogen-bond acceptors (Lipinski definition) is 4. The molecule has 4 heteroatoms. The van der Waals surface area contributed by atoms with Gasteiger partial charge < -0.3 is 9.52 Å². The van der Waals surface area contributed by atoms with E-state index >= 15 is 0 Å². The average Bonchev–Trinajstić information content (AvgIpc) is 3.03. The van der Waals surface area contributed by atoms with E-state index in [1.54, 1.807) is 25.1 Å². The lowest BCUT2D eigenvalue weighted by atomic mass is 9.95. The summed E-state index contributed by atoms with van der Waals surface area (Å²) >= 11 is 0. The SMILES string of the molecule is Cc1nc2ccc(C(=O)C3(CO)CC3)cc2o1. The highest BCUT2D eigenvalue weighted by molar-refractivity contribution is 6.04. The van der Waals surface area contributed by atoms with Crippen LogP contribution in [0.5, 0.6) is 0 Å². The van der Waals surface area contributed by atoms with E-state index < -0.39 is 5.41 Å². The highest BCUT2D eigenvalue weighted by Crippen LogP contribution is 2.47. The monoisotopic (exact) mass is 231 g/mol. The fraction of sp³-hybridized carbons (Fsp3) is 0.385. The summed E-state index contributed by atoms with van der Waals surface area (Å²) in [6.07, 6.45) is 1.55. The van der Waals surface area contributed by atoms with E-state index in [1.165, 1.54) is 0 Å². The van der Waals surface area contributed by atoms with Crippen molar-refractivity contribution < 1.29 is 14.3 Å². The number of aliphatic hydroxyl groups is 1. The molecule has 0 unspecified atom stereocenters. The van der Waals surface area contributed by atoms with E-state index in [2.05, 4.69) is 4.98 Å². The molecular weight excluding hydrogens is 218 g/mol. The number of fused-ring (bicyclic) bond motifs is 1. The minimum absolute atomic E-state index is 0.0101. The molecule has 0 spiro atoms. The minimum atomic E-state index is -0.525. The predicted molar refractivity (Wildman–Crippen MR) is 61.8 cm³/mol. The smallest absolute Gasteiger partial charge is 0.192 e. The normalized spacial score (nSPS) is 17.3. The molecule has 0 atom stereocenters. The summed E-state index contributed by atoms with van der Waals surface area (Å²) in [5.74, 6) is 0.601. The molecule has 0 aliphatic heterocycles. The number of aromatic nitrogens is 1. The molecule has 1 fully saturated rings. The summed E-state index contributed by atoms with van der Waals surface area (Å²) in [4.78, 5) is 16.4. The second kappa shape index (κ2) is 3.40. The maximum Gasteiger partial charge on any atom is 0.192 e. The van der Waals surface area contributed by atoms with E-state index in [9.17, 15) is 9.90 Å². The van der Waals surface area contributed by atoms with Crippen molar-refractivity contribution in [2.45, 2.75) is 19.8 Å². The lowest BCUT2D eigenvalue weighted by molar-refractivity contribution is 0.0829. The molecule has 2 aromatic rings. The molecule has 1 aliphatic carbocycles. The Balaban J connectivity index is 2.03. The minimum Gasteiger partial charge on any atom is -0.441 e. The van der Waals surface area contributed by atoms with Crippen LogP contribution in [0, 0.1) is 12.3 Å². The maximum atomic E-state index is 12.2. The maximum absolute atomic E-state index is 12.2. The molecule has 4 nitrogen and oxygen atoms in total. The first-order valence-electron chi connectivity index (χ1n) is 5.67. The van der Waals surface area contributed by atoms with Crippen molar-refractivity contribution in [2.24, 2.45) is 5.41 Å². The number of ketones is 1. The molecular formula is C13H13NO3. The van der Waals surface area contributed by atoms with Crippen LogP contribution in [0.1, 0.15) is 29.1 Å². The fourth-order valence-corrected chi connectivity index (χ4v) is 2.10. The second-order valence-electron chi connectivity index (χ2n) is 4.68. The van der Waals surface area contributed by atoms with Gasteiger partial charge in [0.25, 0.3) is 0 Å². The molecule has 1 saturated carbocycles. The molecule has 0 radical (unpaired) electrons. The van der Waals surface area contributed by atoms with Gasteiger partial charge in [-0.2, -0.15) is 0 Å². The molecule has 0 bridgehead atoms. The Morgan fingerprint density at radius 2 is 2.29 bits per heavy atom. The topological polar surface area (TPSA) is 63.3 Å². The number of aliphatic hydroxyl groups excluding tert-OH is 1. The van der Waals surface area contributed by atoms with Gasteiger partial charge in [-0.15, -0.1) is 0 Å². The van der Waals surface area contributed by atoms with Crippen molar-refractivity contribution in [3.05, 3.63) is 29.7 Å². The van der Waals surface area contributed by atoms with Gasteiger partial charge in [-0.3, -0.25) is 4.79 Å². The van der Waals surface area contributed by atoms with Crippen molar-refractivity contribution in [3.8, 4) is 0 Å². The van der Waals surface area contributed by atoms with Gasteiger partial charge >= 0.3 is 0 Å². The van der Waals surface area contributed by atoms with Gasteiger partial charge in [0, 0.05) is 12.5 Å². The van der Waals surface area contributed by atoms with Crippen molar-refractivity contribution in [2.75, 3.05) is 6.61 Å². The summed E-state index contributed by atoms with van der Waals surface area (Å²) in [5, 5.41) is 9.25. The van der Waals surface area contributed by atoms with Gasteiger partial charge in [-0.1, -0.05) is 0 Å². The Morgan fingerprint density at radius 3 is 2.94 bits per heavy atom. The van der Waals surface area contributed by atoms with Gasteiger partial charge in [0.15, 0.2) is 17.3 Å². The first-order valence-corrected chi connectivity index (χ1v) is 5.67. The van der Waals surface area contributed by atoms with Crippen molar-refractivity contribution in [1.82, 2.24) is 4.98 Å². The largest absolute Gasteiger partial charge is 0.441 e. The van der Waals surface area contributed by atoms with E-state index in [4.69, 9.17) is 4.42 Å². The number of Topliss-reactive ketones (excluding diaryl/α,β-unsaturated/α-hetero) is 1. The van der Waals surface area contributed by atoms with Gasteiger partial charge in [-0.25, -0.2) is 4.98 Å². The van der Waals surface area contributed by atoms with Gasteiger partial charge in [0.2, 0.25) is 0 Å². The number of oxazole rings is 1. The Labute approximate surface area is 98.3 Å². The van der Waals surface area contributed by atoms with Crippen LogP contribution in [-0.4, -0.2) is 22.5 Å². The van der Waals surface area contributed by atoms with Gasteiger partial charge in [0.1, 0.15) is 5.52 Å². The zero-order chi connectivity index (χ0) is 12.0. The van der Waals surface area contributed by atoms with Crippen LogP contribution in [0.4, 0.5) is 0 Å². The van der Waals surface area contributed by atoms with E-state index in [0.29, 0.717) is 17.0 Å². The molecule has 3 rings (SSSR count). The van der Waals surface area contributed by atoms with E-state index in [-0.39, 0.29) is 12.4 Å². The highest BCUT2D eigenvalue weighted by Gasteiger charge is 2.49. The zero-order valence-corrected chi connectivity index (χ0v) is 9.56. The van der Waals surface area contributed by atoms with Crippen molar-refractivity contribution in [1.29, 1.82) is 0 Å². The first kappa shape index (κ1) is 10.5. The quantitative estimate of drug-likeness (QED) is 0.821. The second-order valence-corrected chi connectivity index (χ2v) is 4.68. The number of carbonyl (C=O) groups excluding carboxylic acids is 1. The molecule has 88 valence electrons. The first-order chi connectivity index (χ1) is 8.14. The summed E-state index contributed by atoms with van der Waals surface area (Å²) < 4.78 is 5.40. The third-order valence-electron chi connectivity index (χ3n) is 3.40. The van der Waals surface area contributed by atoms with Crippen LogP contribution < -0.4 is 0 Å². The fourth-order valence-electron chi connectivity index (χ4n) is 2.10. The molecule has 1 aromatic carbocycles. The Bertz CT molecular complexity index is 596. The number of carbonyl (C=O) groups is 1. The standard InChI is InChI=1S/C13H13NO3/c1-8-14-10-3-2-9(6-11(10)17-8)12(16)13(7-15)4-5-13/h2-3,6,15H,4-5,7H2,1H3. The number of benzene rings is 1. The van der Waals surface area contributed by atoms with Crippen LogP contribution in [-0.2, 0) is 0 Å². The lowest BCUT2D eigenvalue weighted by Crippen LogP contribution is -2.19. The molecule has 0 saturated heterocycles. The van der Waals surface area contributed by atoms with Crippen LogP contribution in [0.2, 0.25) is 0 Å². The van der Waals surface area contributed by atoms with Crippen LogP contribution in [0.25, 0.3) is 11.1 Å². The third kappa shape index (κ3) is 1.56. The van der Waals surface area contributed by atoms with Crippen molar-refractivity contribution >= 4 is 16.9 Å². The van der Waals surface area contributed by atoms with E-state index in [0.717, 1.165) is 18.4 Å². The molecule has 1 heterocycles. The predicted octanol–water partition coefficient (Wildman–Crippen LogP) is 2.09. The molecule has 1 N–H and O–H groups in total. The van der Waals surface area contributed by atoms with Crippen molar-refractivity contribution in [3.63, 3.8) is 0 Å². The summed E-state index contributed by atoms with van der Waals surface area (Å²) in [6, 6.07) is 5.25. The summed E-state index contributed by atoms with van der Waals surface area (Å²) in [5.41, 5.74) is 1.46. The van der Waals surface area contributed by atoms with E-state index in [1.807, 2.05) is 0 Å². The highest BCUT2D eigenvalue weighted by atomic mass is 16.3. The van der Waals surface area contributed by atoms with Crippen LogP contribution >= 0.6 is 0 Å². The van der Waals surface area contributed by atoms with Gasteiger partial charge in [0.05, 0.1) is 12.0 Å². The summed E-state index contributed by atoms with van der Waals surface area (Å²) in [7, 11) is 0. The Kier molecular flexibility index (Phi) is 2.10. The number of rotatable bonds is 3. The average molecular weight is 231 g/mol. The number of nitrogens with zero attached hydrogens (tertiary/aromatic N) is 1. The molecule has 0 amide bonds. The third-order valence-corrected chi connectivity index (χ3v) is 3.40. The summed E-state index contributed by atoms with van der Waals surface area (Å²) in [6.45, 7) is 1.71. The Morgan fingerprint density at radius 1 is 1.53 bits per heavy atom.